The number of hydrogen-bond acceptors (Lipinski definition) is 8. The van der Waals surface area contributed by atoms with E-state index in [0.717, 1.165) is 0 Å². The van der Waals surface area contributed by atoms with Crippen LogP contribution in [0.3, 0.4) is 0 Å². The van der Waals surface area contributed by atoms with Gasteiger partial charge in [-0.25, -0.2) is 0 Å². The second-order valence-corrected chi connectivity index (χ2v) is 8.78. The lowest BCUT2D eigenvalue weighted by atomic mass is 10.0. The van der Waals surface area contributed by atoms with Crippen LogP contribution in [0.4, 0.5) is 11.4 Å². The third-order valence-electron chi connectivity index (χ3n) is 5.10. The molecule has 0 spiro atoms. The first-order chi connectivity index (χ1) is 14.0. The molecule has 1 aromatic carbocycles. The fourth-order valence-electron chi connectivity index (χ4n) is 3.91. The van der Waals surface area contributed by atoms with E-state index in [1.54, 1.807) is 12.1 Å². The van der Waals surface area contributed by atoms with E-state index < -0.39 is 35.0 Å². The lowest BCUT2D eigenvalue weighted by Crippen LogP contribution is -2.53. The summed E-state index contributed by atoms with van der Waals surface area (Å²) in [6.45, 7) is 7.69. The number of nitro groups is 1. The van der Waals surface area contributed by atoms with Crippen molar-refractivity contribution in [2.45, 2.75) is 69.9 Å². The molecular weight excluding hydrogens is 414 g/mol. The van der Waals surface area contributed by atoms with Gasteiger partial charge in [-0.3, -0.25) is 10.1 Å². The van der Waals surface area contributed by atoms with Gasteiger partial charge in [0.25, 0.3) is 5.69 Å². The molecule has 5 atom stereocenters. The normalized spacial score (nSPS) is 33.8. The Morgan fingerprint density at radius 1 is 1.17 bits per heavy atom. The largest absolute Gasteiger partial charge is 0.354 e. The van der Waals surface area contributed by atoms with Crippen molar-refractivity contribution in [3.05, 3.63) is 34.4 Å². The Bertz CT molecular complexity index is 849. The molecule has 30 heavy (non-hydrogen) atoms. The summed E-state index contributed by atoms with van der Waals surface area (Å²) in [7, 11) is 0. The van der Waals surface area contributed by atoms with E-state index in [2.05, 4.69) is 10.6 Å². The van der Waals surface area contributed by atoms with E-state index in [1.165, 1.54) is 12.1 Å². The number of nitro benzene ring substituents is 1. The highest BCUT2D eigenvalue weighted by molar-refractivity contribution is 7.80. The second-order valence-electron chi connectivity index (χ2n) is 8.37. The number of nitrogens with zero attached hydrogens (tertiary/aromatic N) is 1. The summed E-state index contributed by atoms with van der Waals surface area (Å²) in [6.07, 6.45) is -1.75. The molecule has 11 heteroatoms. The van der Waals surface area contributed by atoms with Gasteiger partial charge in [-0.05, 0) is 46.0 Å². The van der Waals surface area contributed by atoms with Crippen molar-refractivity contribution >= 4 is 28.7 Å². The van der Waals surface area contributed by atoms with Gasteiger partial charge in [0.1, 0.15) is 18.3 Å². The molecule has 0 amide bonds. The van der Waals surface area contributed by atoms with Crippen molar-refractivity contribution < 1.29 is 28.6 Å². The fourth-order valence-corrected chi connectivity index (χ4v) is 4.16. The van der Waals surface area contributed by atoms with Crippen molar-refractivity contribution in [2.75, 3.05) is 11.9 Å². The Morgan fingerprint density at radius 2 is 1.93 bits per heavy atom. The number of thiocarbonyl (C=S) groups is 1. The minimum absolute atomic E-state index is 0.0297. The zero-order valence-electron chi connectivity index (χ0n) is 17.1. The average Bonchev–Trinajstić information content (AvgIpc) is 3.25. The van der Waals surface area contributed by atoms with E-state index in [4.69, 9.17) is 35.9 Å². The molecule has 2 N–H and O–H groups in total. The van der Waals surface area contributed by atoms with Gasteiger partial charge in [0, 0.05) is 17.8 Å². The highest BCUT2D eigenvalue weighted by atomic mass is 32.1. The lowest BCUT2D eigenvalue weighted by Gasteiger charge is -2.30. The minimum Gasteiger partial charge on any atom is -0.354 e. The summed E-state index contributed by atoms with van der Waals surface area (Å²) in [5.41, 5.74) is 0.470. The number of non-ortho nitro benzene ring substituents is 1. The molecule has 3 fully saturated rings. The number of benzene rings is 1. The lowest BCUT2D eigenvalue weighted by molar-refractivity contribution is -0.384. The maximum Gasteiger partial charge on any atom is 0.271 e. The van der Waals surface area contributed by atoms with Crippen LogP contribution in [0, 0.1) is 10.1 Å². The molecule has 3 aliphatic heterocycles. The monoisotopic (exact) mass is 439 g/mol. The SMILES string of the molecule is CC1(C)OCC([C@H]2O[C@@H]3OC(C)(C)O[C@@H]3[C@H]2NC(=S)Nc2cccc([N+](=O)[O-])c2)O1. The highest BCUT2D eigenvalue weighted by Crippen LogP contribution is 2.40. The van der Waals surface area contributed by atoms with Crippen molar-refractivity contribution in [1.29, 1.82) is 0 Å². The minimum atomic E-state index is -0.790. The Morgan fingerprint density at radius 3 is 2.60 bits per heavy atom. The molecule has 0 bridgehead atoms. The highest BCUT2D eigenvalue weighted by Gasteiger charge is 2.58. The smallest absolute Gasteiger partial charge is 0.271 e. The zero-order chi connectivity index (χ0) is 21.7. The predicted molar refractivity (Wildman–Crippen MR) is 110 cm³/mol. The standard InChI is InChI=1S/C19H25N3O7S/c1-18(2)25-9-12(27-18)14-13(15-16(26-14)29-19(3,4)28-15)21-17(30)20-10-6-5-7-11(8-10)22(23)24/h5-8,12-16H,9H2,1-4H3,(H2,20,21,30)/t12?,13-,14+,15+,16+/m0/s1. The summed E-state index contributed by atoms with van der Waals surface area (Å²) in [4.78, 5) is 10.5. The Balaban J connectivity index is 1.49. The van der Waals surface area contributed by atoms with Gasteiger partial charge in [-0.1, -0.05) is 6.07 Å². The van der Waals surface area contributed by atoms with Crippen LogP contribution < -0.4 is 10.6 Å². The van der Waals surface area contributed by atoms with E-state index in [1.807, 2.05) is 27.7 Å². The van der Waals surface area contributed by atoms with Gasteiger partial charge in [-0.2, -0.15) is 0 Å². The van der Waals surface area contributed by atoms with Crippen LogP contribution in [0.25, 0.3) is 0 Å². The van der Waals surface area contributed by atoms with Crippen molar-refractivity contribution in [3.8, 4) is 0 Å². The molecule has 0 aromatic heterocycles. The number of nitrogens with one attached hydrogen (secondary N) is 2. The fraction of sp³-hybridized carbons (Fsp3) is 0.632. The van der Waals surface area contributed by atoms with Gasteiger partial charge >= 0.3 is 0 Å². The molecule has 3 aliphatic rings. The number of fused-ring (bicyclic) bond motifs is 1. The van der Waals surface area contributed by atoms with Crippen LogP contribution in [0.5, 0.6) is 0 Å². The molecule has 1 aromatic rings. The van der Waals surface area contributed by atoms with Crippen molar-refractivity contribution in [2.24, 2.45) is 0 Å². The average molecular weight is 439 g/mol. The number of anilines is 1. The van der Waals surface area contributed by atoms with E-state index in [0.29, 0.717) is 12.3 Å². The van der Waals surface area contributed by atoms with Crippen molar-refractivity contribution in [3.63, 3.8) is 0 Å². The maximum atomic E-state index is 11.0. The Kier molecular flexibility index (Phi) is 5.45. The van der Waals surface area contributed by atoms with Crippen LogP contribution in [0.15, 0.2) is 24.3 Å². The summed E-state index contributed by atoms with van der Waals surface area (Å²) in [5, 5.41) is 17.5. The molecule has 10 nitrogen and oxygen atoms in total. The summed E-state index contributed by atoms with van der Waals surface area (Å²) in [6, 6.07) is 5.73. The van der Waals surface area contributed by atoms with Crippen LogP contribution in [-0.4, -0.2) is 58.9 Å². The summed E-state index contributed by atoms with van der Waals surface area (Å²) < 4.78 is 29.7. The predicted octanol–water partition coefficient (Wildman–Crippen LogP) is 2.28. The van der Waals surface area contributed by atoms with Gasteiger partial charge < -0.3 is 34.3 Å². The Labute approximate surface area is 179 Å². The number of rotatable bonds is 4. The molecule has 0 radical (unpaired) electrons. The summed E-state index contributed by atoms with van der Waals surface area (Å²) in [5.74, 6) is -1.50. The van der Waals surface area contributed by atoms with Crippen LogP contribution in [0.1, 0.15) is 27.7 Å². The molecule has 0 aliphatic carbocycles. The van der Waals surface area contributed by atoms with Gasteiger partial charge in [0.15, 0.2) is 23.0 Å². The first-order valence-corrected chi connectivity index (χ1v) is 10.1. The van der Waals surface area contributed by atoms with Gasteiger partial charge in [0.05, 0.1) is 17.6 Å². The third kappa shape index (κ3) is 4.41. The molecule has 164 valence electrons. The quantitative estimate of drug-likeness (QED) is 0.411. The van der Waals surface area contributed by atoms with Crippen LogP contribution >= 0.6 is 12.2 Å². The molecule has 1 unspecified atom stereocenters. The third-order valence-corrected chi connectivity index (χ3v) is 5.32. The number of ether oxygens (including phenoxy) is 5. The Hall–Kier alpha value is -1.89. The van der Waals surface area contributed by atoms with E-state index in [9.17, 15) is 10.1 Å². The topological polar surface area (TPSA) is 113 Å². The first-order valence-electron chi connectivity index (χ1n) is 9.68. The van der Waals surface area contributed by atoms with Crippen LogP contribution in [0.2, 0.25) is 0 Å². The molecule has 3 saturated heterocycles. The first kappa shape index (κ1) is 21.3. The van der Waals surface area contributed by atoms with Crippen LogP contribution in [-0.2, 0) is 23.7 Å². The summed E-state index contributed by atoms with van der Waals surface area (Å²) >= 11 is 5.46. The molecular formula is C19H25N3O7S. The van der Waals surface area contributed by atoms with Gasteiger partial charge in [0.2, 0.25) is 0 Å². The van der Waals surface area contributed by atoms with E-state index in [-0.39, 0.29) is 22.9 Å². The maximum absolute atomic E-state index is 11.0. The number of hydrogen-bond donors (Lipinski definition) is 2. The molecule has 4 rings (SSSR count). The second kappa shape index (κ2) is 7.66. The zero-order valence-corrected chi connectivity index (χ0v) is 17.9. The molecule has 0 saturated carbocycles. The van der Waals surface area contributed by atoms with E-state index >= 15 is 0 Å². The van der Waals surface area contributed by atoms with Gasteiger partial charge in [-0.15, -0.1) is 0 Å². The molecule has 3 heterocycles. The van der Waals surface area contributed by atoms with Crippen molar-refractivity contribution in [1.82, 2.24) is 5.32 Å².